The van der Waals surface area contributed by atoms with Gasteiger partial charge in [0.15, 0.2) is 8.32 Å². The van der Waals surface area contributed by atoms with Gasteiger partial charge in [-0.15, -0.1) is 0 Å². The van der Waals surface area contributed by atoms with Crippen molar-refractivity contribution in [1.29, 1.82) is 0 Å². The number of unbranched alkanes of at least 4 members (excludes halogenated alkanes) is 3. The number of hydrogen-bond acceptors (Lipinski definition) is 5. The molecular formula is C23H44O5Si. The molecule has 29 heavy (non-hydrogen) atoms. The maximum Gasteiger partial charge on any atom is 0.305 e. The predicted molar refractivity (Wildman–Crippen MR) is 118 cm³/mol. The van der Waals surface area contributed by atoms with Gasteiger partial charge < -0.3 is 19.0 Å². The van der Waals surface area contributed by atoms with Gasteiger partial charge in [-0.05, 0) is 62.1 Å². The molecule has 1 saturated carbocycles. The van der Waals surface area contributed by atoms with Gasteiger partial charge in [-0.3, -0.25) is 4.79 Å². The van der Waals surface area contributed by atoms with E-state index in [-0.39, 0.29) is 23.2 Å². The van der Waals surface area contributed by atoms with Gasteiger partial charge in [-0.2, -0.15) is 0 Å². The van der Waals surface area contributed by atoms with Crippen molar-refractivity contribution >= 4 is 14.3 Å². The number of hydrogen-bond donors (Lipinski definition) is 1. The highest BCUT2D eigenvalue weighted by Gasteiger charge is 2.47. The molecule has 170 valence electrons. The molecule has 0 bridgehead atoms. The minimum Gasteiger partial charge on any atom is -0.469 e. The third-order valence-corrected chi connectivity index (χ3v) is 11.9. The highest BCUT2D eigenvalue weighted by molar-refractivity contribution is 6.74. The molecule has 5 atom stereocenters. The van der Waals surface area contributed by atoms with Crippen molar-refractivity contribution in [3.63, 3.8) is 0 Å². The van der Waals surface area contributed by atoms with Crippen LogP contribution < -0.4 is 0 Å². The minimum absolute atomic E-state index is 0.121. The fourth-order valence-electron chi connectivity index (χ4n) is 4.36. The summed E-state index contributed by atoms with van der Waals surface area (Å²) in [7, 11) is -0.418. The summed E-state index contributed by atoms with van der Waals surface area (Å²) in [5.41, 5.74) is 0. The molecule has 6 heteroatoms. The normalized spacial score (nSPS) is 29.8. The molecule has 1 saturated heterocycles. The Bertz CT molecular complexity index is 512. The molecule has 1 heterocycles. The first-order valence-corrected chi connectivity index (χ1v) is 14.5. The number of aliphatic hydroxyl groups is 1. The van der Waals surface area contributed by atoms with E-state index in [2.05, 4.69) is 33.9 Å². The van der Waals surface area contributed by atoms with E-state index in [0.717, 1.165) is 58.0 Å². The lowest BCUT2D eigenvalue weighted by molar-refractivity contribution is -0.140. The molecule has 0 radical (unpaired) electrons. The summed E-state index contributed by atoms with van der Waals surface area (Å²) in [5.74, 6) is 0.631. The second kappa shape index (κ2) is 10.7. The first-order chi connectivity index (χ1) is 13.5. The van der Waals surface area contributed by atoms with Crippen LogP contribution in [0.3, 0.4) is 0 Å². The first kappa shape index (κ1) is 24.8. The molecule has 1 aliphatic heterocycles. The quantitative estimate of drug-likeness (QED) is 0.203. The number of esters is 1. The lowest BCUT2D eigenvalue weighted by Gasteiger charge is -2.40. The van der Waals surface area contributed by atoms with E-state index in [0.29, 0.717) is 24.4 Å². The molecule has 2 fully saturated rings. The highest BCUT2D eigenvalue weighted by atomic mass is 28.4. The molecule has 0 spiro atoms. The molecule has 0 aromatic heterocycles. The molecule has 0 aromatic carbocycles. The summed E-state index contributed by atoms with van der Waals surface area (Å²) in [5, 5.41) is 11.0. The fourth-order valence-corrected chi connectivity index (χ4v) is 5.75. The largest absolute Gasteiger partial charge is 0.469 e. The van der Waals surface area contributed by atoms with Crippen LogP contribution in [0.15, 0.2) is 0 Å². The van der Waals surface area contributed by atoms with Crippen molar-refractivity contribution in [3.05, 3.63) is 0 Å². The maximum atomic E-state index is 11.2. The Hall–Kier alpha value is -0.433. The van der Waals surface area contributed by atoms with Crippen LogP contribution in [-0.2, 0) is 18.7 Å². The van der Waals surface area contributed by atoms with E-state index in [4.69, 9.17) is 13.9 Å². The van der Waals surface area contributed by atoms with Gasteiger partial charge in [-0.1, -0.05) is 40.0 Å². The third-order valence-electron chi connectivity index (χ3n) is 7.37. The zero-order valence-corrected chi connectivity index (χ0v) is 20.5. The number of carbonyl (C=O) groups excluding carboxylic acids is 1. The third kappa shape index (κ3) is 7.64. The molecule has 2 aliphatic rings. The van der Waals surface area contributed by atoms with Crippen LogP contribution in [-0.4, -0.2) is 51.4 Å². The van der Waals surface area contributed by atoms with Crippen LogP contribution in [0.1, 0.15) is 78.6 Å². The number of methoxy groups -OCH3 is 1. The molecule has 1 N–H and O–H groups in total. The zero-order valence-electron chi connectivity index (χ0n) is 19.5. The van der Waals surface area contributed by atoms with Crippen LogP contribution in [0.4, 0.5) is 0 Å². The van der Waals surface area contributed by atoms with Crippen molar-refractivity contribution in [2.24, 2.45) is 11.8 Å². The Morgan fingerprint density at radius 1 is 1.07 bits per heavy atom. The lowest BCUT2D eigenvalue weighted by atomic mass is 9.85. The first-order valence-electron chi connectivity index (χ1n) is 11.6. The smallest absolute Gasteiger partial charge is 0.305 e. The molecule has 0 amide bonds. The summed E-state index contributed by atoms with van der Waals surface area (Å²) in [6.45, 7) is 12.4. The summed E-state index contributed by atoms with van der Waals surface area (Å²) in [6.07, 6.45) is 9.00. The summed E-state index contributed by atoms with van der Waals surface area (Å²) in [6, 6.07) is 0. The van der Waals surface area contributed by atoms with E-state index in [1.54, 1.807) is 0 Å². The van der Waals surface area contributed by atoms with E-state index < -0.39 is 8.32 Å². The zero-order chi connectivity index (χ0) is 21.7. The van der Waals surface area contributed by atoms with Crippen LogP contribution >= 0.6 is 0 Å². The number of epoxide rings is 1. The van der Waals surface area contributed by atoms with Crippen LogP contribution in [0, 0.1) is 11.8 Å². The molecule has 0 aromatic rings. The number of ether oxygens (including phenoxy) is 2. The summed E-state index contributed by atoms with van der Waals surface area (Å²) < 4.78 is 16.9. The summed E-state index contributed by atoms with van der Waals surface area (Å²) >= 11 is 0. The monoisotopic (exact) mass is 428 g/mol. The van der Waals surface area contributed by atoms with E-state index in [9.17, 15) is 9.90 Å². The average Bonchev–Trinajstić information content (AvgIpc) is 3.40. The molecule has 1 aliphatic carbocycles. The Labute approximate surface area is 179 Å². The Morgan fingerprint density at radius 3 is 2.31 bits per heavy atom. The van der Waals surface area contributed by atoms with Crippen molar-refractivity contribution in [2.45, 2.75) is 115 Å². The van der Waals surface area contributed by atoms with Crippen molar-refractivity contribution in [2.75, 3.05) is 13.7 Å². The van der Waals surface area contributed by atoms with Crippen molar-refractivity contribution in [1.82, 2.24) is 0 Å². The topological polar surface area (TPSA) is 68.3 Å². The second-order valence-corrected chi connectivity index (χ2v) is 15.4. The second-order valence-electron chi connectivity index (χ2n) is 10.6. The SMILES string of the molecule is COC(=O)CCCCCC[C@@H]1[C@@H](CCC2CO2)[C@H](O[Si](C)(C)C(C)(C)C)C[C@@H]1O. The number of rotatable bonds is 12. The number of aliphatic hydroxyl groups excluding tert-OH is 1. The fraction of sp³-hybridized carbons (Fsp3) is 0.957. The van der Waals surface area contributed by atoms with Crippen molar-refractivity contribution in [3.8, 4) is 0 Å². The molecule has 5 nitrogen and oxygen atoms in total. The maximum absolute atomic E-state index is 11.2. The summed E-state index contributed by atoms with van der Waals surface area (Å²) in [4.78, 5) is 11.2. The van der Waals surface area contributed by atoms with E-state index >= 15 is 0 Å². The highest BCUT2D eigenvalue weighted by Crippen LogP contribution is 2.45. The Morgan fingerprint density at radius 2 is 1.72 bits per heavy atom. The molecular weight excluding hydrogens is 384 g/mol. The van der Waals surface area contributed by atoms with E-state index in [1.807, 2.05) is 0 Å². The Kier molecular flexibility index (Phi) is 9.20. The van der Waals surface area contributed by atoms with Gasteiger partial charge in [0.1, 0.15) is 0 Å². The lowest BCUT2D eigenvalue weighted by Crippen LogP contribution is -2.45. The van der Waals surface area contributed by atoms with Gasteiger partial charge in [-0.25, -0.2) is 0 Å². The van der Waals surface area contributed by atoms with Crippen LogP contribution in [0.25, 0.3) is 0 Å². The Balaban J connectivity index is 1.88. The van der Waals surface area contributed by atoms with Gasteiger partial charge in [0.2, 0.25) is 0 Å². The van der Waals surface area contributed by atoms with Gasteiger partial charge in [0, 0.05) is 6.42 Å². The predicted octanol–water partition coefficient (Wildman–Crippen LogP) is 5.07. The minimum atomic E-state index is -1.86. The van der Waals surface area contributed by atoms with Crippen LogP contribution in [0.5, 0.6) is 0 Å². The number of carbonyl (C=O) groups is 1. The molecule has 2 rings (SSSR count). The van der Waals surface area contributed by atoms with Gasteiger partial charge in [0.05, 0.1) is 32.0 Å². The van der Waals surface area contributed by atoms with E-state index in [1.165, 1.54) is 7.11 Å². The van der Waals surface area contributed by atoms with Gasteiger partial charge >= 0.3 is 5.97 Å². The van der Waals surface area contributed by atoms with Crippen molar-refractivity contribution < 1.29 is 23.8 Å². The average molecular weight is 429 g/mol. The molecule has 1 unspecified atom stereocenters. The van der Waals surface area contributed by atoms with Crippen LogP contribution in [0.2, 0.25) is 18.1 Å². The van der Waals surface area contributed by atoms with Gasteiger partial charge in [0.25, 0.3) is 0 Å². The standard InChI is InChI=1S/C23H44O5Si/c1-23(2,3)29(5,6)28-21-15-20(24)18(19(21)14-13-17-16-27-17)11-9-7-8-10-12-22(25)26-4/h17-21,24H,7-16H2,1-6H3/t17?,18-,19-,20+,21-/m1/s1.